The predicted octanol–water partition coefficient (Wildman–Crippen LogP) is 1.71. The molecule has 0 radical (unpaired) electrons. The van der Waals surface area contributed by atoms with E-state index in [1.54, 1.807) is 13.3 Å². The van der Waals surface area contributed by atoms with Gasteiger partial charge < -0.3 is 28.8 Å². The molecule has 1 fully saturated rings. The Kier molecular flexibility index (Phi) is 5.33. The van der Waals surface area contributed by atoms with Crippen molar-refractivity contribution in [3.63, 3.8) is 0 Å². The van der Waals surface area contributed by atoms with Gasteiger partial charge in [0.15, 0.2) is 11.5 Å². The highest BCUT2D eigenvalue weighted by molar-refractivity contribution is 5.55. The maximum atomic E-state index is 11.2. The Morgan fingerprint density at radius 3 is 2.59 bits per heavy atom. The number of likely N-dealkylation sites (tertiary alicyclic amines) is 1. The minimum absolute atomic E-state index is 0.206. The molecule has 0 aliphatic carbocycles. The first-order valence-electron chi connectivity index (χ1n) is 9.43. The van der Waals surface area contributed by atoms with Crippen LogP contribution in [0.1, 0.15) is 24.0 Å². The van der Waals surface area contributed by atoms with Gasteiger partial charge in [0.1, 0.15) is 0 Å². The fraction of sp³-hybridized carbons (Fsp3) is 0.500. The number of aliphatic hydroxyl groups is 1. The Balaban J connectivity index is 1.46. The van der Waals surface area contributed by atoms with Crippen molar-refractivity contribution < 1.29 is 28.8 Å². The molecule has 29 heavy (non-hydrogen) atoms. The summed E-state index contributed by atoms with van der Waals surface area (Å²) in [6.45, 7) is 2.35. The number of aromatic nitrogens is 2. The predicted molar refractivity (Wildman–Crippen MR) is 103 cm³/mol. The molecule has 156 valence electrons. The smallest absolute Gasteiger partial charge is 0.319 e. The van der Waals surface area contributed by atoms with Crippen LogP contribution in [0.4, 0.5) is 0 Å². The highest BCUT2D eigenvalue weighted by Crippen LogP contribution is 2.43. The normalized spacial score (nSPS) is 17.8. The molecule has 0 unspecified atom stereocenters. The summed E-state index contributed by atoms with van der Waals surface area (Å²) in [4.78, 5) is 10.6. The van der Waals surface area contributed by atoms with Crippen molar-refractivity contribution in [1.82, 2.24) is 14.9 Å². The molecule has 0 saturated carbocycles. The lowest BCUT2D eigenvalue weighted by Crippen LogP contribution is -2.42. The number of hydrogen-bond acceptors (Lipinski definition) is 9. The Morgan fingerprint density at radius 2 is 1.90 bits per heavy atom. The first kappa shape index (κ1) is 19.5. The van der Waals surface area contributed by atoms with Crippen LogP contribution in [0.2, 0.25) is 0 Å². The van der Waals surface area contributed by atoms with Crippen LogP contribution < -0.4 is 23.7 Å². The third kappa shape index (κ3) is 3.75. The summed E-state index contributed by atoms with van der Waals surface area (Å²) >= 11 is 0. The first-order valence-corrected chi connectivity index (χ1v) is 9.43. The number of ether oxygens (including phenoxy) is 5. The molecule has 1 aromatic heterocycles. The van der Waals surface area contributed by atoms with Crippen LogP contribution in [-0.2, 0) is 12.1 Å². The van der Waals surface area contributed by atoms with Gasteiger partial charge >= 0.3 is 6.01 Å². The van der Waals surface area contributed by atoms with Gasteiger partial charge in [-0.3, -0.25) is 4.90 Å². The van der Waals surface area contributed by atoms with E-state index in [9.17, 15) is 5.11 Å². The highest BCUT2D eigenvalue weighted by atomic mass is 16.7. The second kappa shape index (κ2) is 7.92. The number of nitrogens with zero attached hydrogens (tertiary/aromatic N) is 3. The number of rotatable bonds is 6. The van der Waals surface area contributed by atoms with Crippen LogP contribution in [0.25, 0.3) is 0 Å². The Hall–Kier alpha value is -2.78. The van der Waals surface area contributed by atoms with E-state index in [1.807, 2.05) is 12.1 Å². The van der Waals surface area contributed by atoms with Gasteiger partial charge in [0.2, 0.25) is 18.4 Å². The number of methoxy groups -OCH3 is 3. The van der Waals surface area contributed by atoms with Crippen LogP contribution in [0.5, 0.6) is 29.1 Å². The van der Waals surface area contributed by atoms with Gasteiger partial charge in [-0.05, 0) is 30.5 Å². The van der Waals surface area contributed by atoms with Crippen molar-refractivity contribution in [2.24, 2.45) is 0 Å². The molecular weight excluding hydrogens is 378 g/mol. The number of fused-ring (bicyclic) bond motifs is 1. The SMILES string of the molecule is COc1ncc(C2(O)CCN(Cc3cc(OC)c4c(c3)OCO4)CC2)c(OC)n1. The lowest BCUT2D eigenvalue weighted by molar-refractivity contribution is -0.0300. The van der Waals surface area contributed by atoms with Crippen molar-refractivity contribution >= 4 is 0 Å². The van der Waals surface area contributed by atoms with Crippen molar-refractivity contribution in [2.45, 2.75) is 25.0 Å². The highest BCUT2D eigenvalue weighted by Gasteiger charge is 2.37. The van der Waals surface area contributed by atoms with Gasteiger partial charge in [-0.2, -0.15) is 4.98 Å². The molecule has 2 aromatic rings. The zero-order valence-electron chi connectivity index (χ0n) is 16.8. The van der Waals surface area contributed by atoms with Gasteiger partial charge in [0.05, 0.1) is 32.5 Å². The van der Waals surface area contributed by atoms with Gasteiger partial charge in [0, 0.05) is 25.8 Å². The summed E-state index contributed by atoms with van der Waals surface area (Å²) in [6.07, 6.45) is 2.67. The van der Waals surface area contributed by atoms with Crippen LogP contribution in [0.3, 0.4) is 0 Å². The fourth-order valence-corrected chi connectivity index (χ4v) is 3.81. The molecule has 2 aliphatic heterocycles. The van der Waals surface area contributed by atoms with Crippen molar-refractivity contribution in [3.8, 4) is 29.1 Å². The molecule has 3 heterocycles. The van der Waals surface area contributed by atoms with Crippen molar-refractivity contribution in [1.29, 1.82) is 0 Å². The number of benzene rings is 1. The monoisotopic (exact) mass is 403 g/mol. The maximum absolute atomic E-state index is 11.2. The van der Waals surface area contributed by atoms with Gasteiger partial charge in [-0.25, -0.2) is 4.98 Å². The van der Waals surface area contributed by atoms with E-state index in [4.69, 9.17) is 23.7 Å². The molecule has 1 aromatic carbocycles. The molecule has 0 bridgehead atoms. The largest absolute Gasteiger partial charge is 0.493 e. The van der Waals surface area contributed by atoms with E-state index in [2.05, 4.69) is 14.9 Å². The summed E-state index contributed by atoms with van der Waals surface area (Å²) in [6, 6.07) is 4.16. The van der Waals surface area contributed by atoms with Crippen LogP contribution in [-0.4, -0.2) is 61.2 Å². The second-order valence-corrected chi connectivity index (χ2v) is 7.12. The van der Waals surface area contributed by atoms with Crippen LogP contribution >= 0.6 is 0 Å². The lowest BCUT2D eigenvalue weighted by Gasteiger charge is -2.38. The zero-order chi connectivity index (χ0) is 20.4. The minimum atomic E-state index is -1.04. The molecule has 2 aliphatic rings. The number of hydrogen-bond donors (Lipinski definition) is 1. The summed E-state index contributed by atoms with van der Waals surface area (Å²) in [5.74, 6) is 2.36. The van der Waals surface area contributed by atoms with E-state index in [0.717, 1.165) is 12.1 Å². The van der Waals surface area contributed by atoms with Crippen molar-refractivity contribution in [3.05, 3.63) is 29.5 Å². The molecule has 0 spiro atoms. The Bertz CT molecular complexity index is 883. The molecule has 0 atom stereocenters. The summed E-state index contributed by atoms with van der Waals surface area (Å²) in [5.41, 5.74) is 0.618. The van der Waals surface area contributed by atoms with Crippen LogP contribution in [0, 0.1) is 0 Å². The number of piperidine rings is 1. The van der Waals surface area contributed by atoms with Crippen LogP contribution in [0.15, 0.2) is 18.3 Å². The third-order valence-corrected chi connectivity index (χ3v) is 5.42. The van der Waals surface area contributed by atoms with E-state index in [1.165, 1.54) is 14.2 Å². The molecule has 1 N–H and O–H groups in total. The van der Waals surface area contributed by atoms with Gasteiger partial charge in [-0.15, -0.1) is 0 Å². The third-order valence-electron chi connectivity index (χ3n) is 5.42. The Morgan fingerprint density at radius 1 is 1.10 bits per heavy atom. The maximum Gasteiger partial charge on any atom is 0.319 e. The molecular formula is C20H25N3O6. The molecule has 1 saturated heterocycles. The second-order valence-electron chi connectivity index (χ2n) is 7.12. The van der Waals surface area contributed by atoms with E-state index >= 15 is 0 Å². The topological polar surface area (TPSA) is 95.4 Å². The molecule has 0 amide bonds. The molecule has 9 heteroatoms. The van der Waals surface area contributed by atoms with E-state index in [0.29, 0.717) is 54.6 Å². The first-order chi connectivity index (χ1) is 14.1. The zero-order valence-corrected chi connectivity index (χ0v) is 16.8. The van der Waals surface area contributed by atoms with Crippen molar-refractivity contribution in [2.75, 3.05) is 41.2 Å². The standard InChI is InChI=1S/C20H25N3O6/c1-25-15-8-13(9-16-17(15)29-12-28-16)11-23-6-4-20(24,5-7-23)14-10-21-19(27-3)22-18(14)26-2/h8-10,24H,4-7,11-12H2,1-3H3. The van der Waals surface area contributed by atoms with E-state index < -0.39 is 5.60 Å². The van der Waals surface area contributed by atoms with Gasteiger partial charge in [-0.1, -0.05) is 0 Å². The molecule has 4 rings (SSSR count). The lowest BCUT2D eigenvalue weighted by atomic mass is 9.85. The average molecular weight is 403 g/mol. The summed E-state index contributed by atoms with van der Waals surface area (Å²) < 4.78 is 26.8. The quantitative estimate of drug-likeness (QED) is 0.773. The average Bonchev–Trinajstić information content (AvgIpc) is 3.23. The van der Waals surface area contributed by atoms with E-state index in [-0.39, 0.29) is 12.8 Å². The summed E-state index contributed by atoms with van der Waals surface area (Å²) in [7, 11) is 4.63. The van der Waals surface area contributed by atoms with Gasteiger partial charge in [0.25, 0.3) is 0 Å². The minimum Gasteiger partial charge on any atom is -0.493 e. The summed E-state index contributed by atoms with van der Waals surface area (Å²) in [5, 5.41) is 11.2. The molecule has 9 nitrogen and oxygen atoms in total. The fourth-order valence-electron chi connectivity index (χ4n) is 3.81. The Labute approximate surface area is 169 Å².